The Morgan fingerprint density at radius 2 is 1.77 bits per heavy atom. The van der Waals surface area contributed by atoms with Gasteiger partial charge < -0.3 is 14.6 Å². The molecule has 0 saturated carbocycles. The van der Waals surface area contributed by atoms with E-state index >= 15 is 0 Å². The molecule has 6 nitrogen and oxygen atoms in total. The van der Waals surface area contributed by atoms with Crippen molar-refractivity contribution in [2.45, 2.75) is 46.3 Å². The van der Waals surface area contributed by atoms with E-state index in [-0.39, 0.29) is 24.2 Å². The zero-order valence-electron chi connectivity index (χ0n) is 18.5. The second-order valence-corrected chi connectivity index (χ2v) is 9.38. The third-order valence-electron chi connectivity index (χ3n) is 6.42. The summed E-state index contributed by atoms with van der Waals surface area (Å²) >= 11 is 0. The maximum Gasteiger partial charge on any atom is 0.225 e. The van der Waals surface area contributed by atoms with E-state index in [1.54, 1.807) is 11.2 Å². The molecule has 1 N–H and O–H groups in total. The zero-order chi connectivity index (χ0) is 21.8. The molecule has 0 bridgehead atoms. The van der Waals surface area contributed by atoms with Crippen LogP contribution in [-0.2, 0) is 29.2 Å². The molecule has 2 aliphatic rings. The molecule has 31 heavy (non-hydrogen) atoms. The van der Waals surface area contributed by atoms with Crippen molar-refractivity contribution in [1.29, 1.82) is 0 Å². The third kappa shape index (κ3) is 5.56. The van der Waals surface area contributed by atoms with Crippen LogP contribution in [0.1, 0.15) is 43.6 Å². The number of nitrogens with zero attached hydrogens (tertiary/aromatic N) is 2. The van der Waals surface area contributed by atoms with Crippen molar-refractivity contribution in [2.24, 2.45) is 17.8 Å². The standard InChI is InChI=1S/C25H33N3O3/c1-18-10-19(2)14-27(13-18)15-21-7-4-3-6-20(21)12-26-25(30)22-11-24(29)28(16-22)17-23-8-5-9-31-23/h3-9,18-19,22H,10-17H2,1-2H3,(H,26,30)/t18-,19-,22+/m1/s1. The van der Waals surface area contributed by atoms with E-state index in [1.807, 2.05) is 18.2 Å². The van der Waals surface area contributed by atoms with E-state index in [0.29, 0.717) is 19.6 Å². The number of hydrogen-bond acceptors (Lipinski definition) is 4. The molecule has 0 spiro atoms. The number of furan rings is 1. The average molecular weight is 424 g/mol. The minimum absolute atomic E-state index is 0.00490. The Morgan fingerprint density at radius 1 is 1.03 bits per heavy atom. The first-order chi connectivity index (χ1) is 15.0. The lowest BCUT2D eigenvalue weighted by Gasteiger charge is -2.35. The molecule has 2 aromatic rings. The number of carbonyl (C=O) groups is 2. The van der Waals surface area contributed by atoms with Crippen molar-refractivity contribution in [3.8, 4) is 0 Å². The van der Waals surface area contributed by atoms with Crippen LogP contribution in [0.2, 0.25) is 0 Å². The molecule has 0 aliphatic carbocycles. The summed E-state index contributed by atoms with van der Waals surface area (Å²) in [5.74, 6) is 1.83. The van der Waals surface area contributed by atoms with Crippen LogP contribution in [0.15, 0.2) is 47.1 Å². The van der Waals surface area contributed by atoms with Crippen LogP contribution in [0, 0.1) is 17.8 Å². The fraction of sp³-hybridized carbons (Fsp3) is 0.520. The second-order valence-electron chi connectivity index (χ2n) is 9.38. The molecule has 1 aromatic carbocycles. The van der Waals surface area contributed by atoms with Gasteiger partial charge in [0, 0.05) is 39.1 Å². The normalized spacial score (nSPS) is 24.5. The Labute approximate surface area is 184 Å². The Bertz CT molecular complexity index is 885. The predicted molar refractivity (Wildman–Crippen MR) is 119 cm³/mol. The molecule has 2 saturated heterocycles. The number of nitrogens with one attached hydrogen (secondary N) is 1. The van der Waals surface area contributed by atoms with Gasteiger partial charge in [-0.2, -0.15) is 0 Å². The van der Waals surface area contributed by atoms with Gasteiger partial charge in [0.05, 0.1) is 18.7 Å². The monoisotopic (exact) mass is 423 g/mol. The van der Waals surface area contributed by atoms with Gasteiger partial charge in [-0.15, -0.1) is 0 Å². The molecule has 2 fully saturated rings. The molecule has 3 heterocycles. The minimum Gasteiger partial charge on any atom is -0.467 e. The molecule has 0 unspecified atom stereocenters. The summed E-state index contributed by atoms with van der Waals surface area (Å²) in [4.78, 5) is 29.3. The topological polar surface area (TPSA) is 65.8 Å². The summed E-state index contributed by atoms with van der Waals surface area (Å²) in [7, 11) is 0. The highest BCUT2D eigenvalue weighted by atomic mass is 16.3. The molecule has 2 amide bonds. The highest BCUT2D eigenvalue weighted by molar-refractivity contribution is 5.89. The number of likely N-dealkylation sites (tertiary alicyclic amines) is 2. The van der Waals surface area contributed by atoms with Gasteiger partial charge in [-0.3, -0.25) is 14.5 Å². The Hall–Kier alpha value is -2.60. The number of piperidine rings is 1. The van der Waals surface area contributed by atoms with E-state index in [2.05, 4.69) is 42.3 Å². The molecule has 2 aliphatic heterocycles. The number of carbonyl (C=O) groups excluding carboxylic acids is 2. The SMILES string of the molecule is C[C@@H]1C[C@@H](C)CN(Cc2ccccc2CNC(=O)[C@H]2CC(=O)N(Cc3ccco3)C2)C1. The summed E-state index contributed by atoms with van der Waals surface area (Å²) < 4.78 is 5.34. The molecule has 166 valence electrons. The first kappa shape index (κ1) is 21.6. The quantitative estimate of drug-likeness (QED) is 0.741. The largest absolute Gasteiger partial charge is 0.467 e. The molecule has 6 heteroatoms. The van der Waals surface area contributed by atoms with E-state index in [0.717, 1.165) is 42.8 Å². The lowest BCUT2D eigenvalue weighted by molar-refractivity contribution is -0.129. The van der Waals surface area contributed by atoms with E-state index in [1.165, 1.54) is 12.0 Å². The van der Waals surface area contributed by atoms with Crippen LogP contribution in [-0.4, -0.2) is 41.2 Å². The molecule has 3 atom stereocenters. The lowest BCUT2D eigenvalue weighted by atomic mass is 9.91. The van der Waals surface area contributed by atoms with E-state index in [9.17, 15) is 9.59 Å². The van der Waals surface area contributed by atoms with Crippen LogP contribution in [0.4, 0.5) is 0 Å². The summed E-state index contributed by atoms with van der Waals surface area (Å²) in [6.07, 6.45) is 3.16. The smallest absolute Gasteiger partial charge is 0.225 e. The van der Waals surface area contributed by atoms with Crippen molar-refractivity contribution >= 4 is 11.8 Å². The number of rotatable bonds is 7. The van der Waals surface area contributed by atoms with Crippen molar-refractivity contribution in [3.63, 3.8) is 0 Å². The molecular formula is C25H33N3O3. The van der Waals surface area contributed by atoms with Gasteiger partial charge in [-0.1, -0.05) is 38.1 Å². The highest BCUT2D eigenvalue weighted by Gasteiger charge is 2.34. The van der Waals surface area contributed by atoms with Crippen LogP contribution < -0.4 is 5.32 Å². The first-order valence-corrected chi connectivity index (χ1v) is 11.3. The minimum atomic E-state index is -0.307. The van der Waals surface area contributed by atoms with Crippen LogP contribution in [0.3, 0.4) is 0 Å². The first-order valence-electron chi connectivity index (χ1n) is 11.3. The zero-order valence-corrected chi connectivity index (χ0v) is 18.5. The van der Waals surface area contributed by atoms with Crippen LogP contribution in [0.5, 0.6) is 0 Å². The van der Waals surface area contributed by atoms with Gasteiger partial charge in [-0.05, 0) is 41.5 Å². The molecule has 1 aromatic heterocycles. The van der Waals surface area contributed by atoms with Crippen molar-refractivity contribution in [3.05, 3.63) is 59.5 Å². The Kier molecular flexibility index (Phi) is 6.76. The maximum atomic E-state index is 12.8. The van der Waals surface area contributed by atoms with Gasteiger partial charge in [0.2, 0.25) is 11.8 Å². The summed E-state index contributed by atoms with van der Waals surface area (Å²) in [5, 5.41) is 3.08. The lowest BCUT2D eigenvalue weighted by Crippen LogP contribution is -2.38. The Morgan fingerprint density at radius 3 is 2.48 bits per heavy atom. The fourth-order valence-corrected chi connectivity index (χ4v) is 5.06. The third-order valence-corrected chi connectivity index (χ3v) is 6.42. The summed E-state index contributed by atoms with van der Waals surface area (Å²) in [6.45, 7) is 9.18. The highest BCUT2D eigenvalue weighted by Crippen LogP contribution is 2.24. The fourth-order valence-electron chi connectivity index (χ4n) is 5.06. The number of benzene rings is 1. The van der Waals surface area contributed by atoms with E-state index < -0.39 is 0 Å². The number of hydrogen-bond donors (Lipinski definition) is 1. The van der Waals surface area contributed by atoms with Crippen LogP contribution in [0.25, 0.3) is 0 Å². The van der Waals surface area contributed by atoms with Gasteiger partial charge in [0.25, 0.3) is 0 Å². The molecular weight excluding hydrogens is 390 g/mol. The van der Waals surface area contributed by atoms with Crippen molar-refractivity contribution < 1.29 is 14.0 Å². The van der Waals surface area contributed by atoms with E-state index in [4.69, 9.17) is 4.42 Å². The molecule has 4 rings (SSSR count). The molecule has 0 radical (unpaired) electrons. The van der Waals surface area contributed by atoms with Gasteiger partial charge in [-0.25, -0.2) is 0 Å². The van der Waals surface area contributed by atoms with Crippen molar-refractivity contribution in [1.82, 2.24) is 15.1 Å². The summed E-state index contributed by atoms with van der Waals surface area (Å²) in [5.41, 5.74) is 2.42. The maximum absolute atomic E-state index is 12.8. The van der Waals surface area contributed by atoms with Gasteiger partial charge in [0.15, 0.2) is 0 Å². The summed E-state index contributed by atoms with van der Waals surface area (Å²) in [6, 6.07) is 12.0. The Balaban J connectivity index is 1.32. The number of amides is 2. The van der Waals surface area contributed by atoms with Gasteiger partial charge >= 0.3 is 0 Å². The van der Waals surface area contributed by atoms with Crippen molar-refractivity contribution in [2.75, 3.05) is 19.6 Å². The predicted octanol–water partition coefficient (Wildman–Crippen LogP) is 3.42. The van der Waals surface area contributed by atoms with Crippen LogP contribution >= 0.6 is 0 Å². The second kappa shape index (κ2) is 9.69. The van der Waals surface area contributed by atoms with Gasteiger partial charge in [0.1, 0.15) is 5.76 Å². The average Bonchev–Trinajstić information content (AvgIpc) is 3.37.